The maximum Gasteiger partial charge on any atom is 0.191 e. The van der Waals surface area contributed by atoms with E-state index >= 15 is 0 Å². The van der Waals surface area contributed by atoms with Crippen LogP contribution >= 0.6 is 12.2 Å². The lowest BCUT2D eigenvalue weighted by Gasteiger charge is -2.06. The van der Waals surface area contributed by atoms with Crippen molar-refractivity contribution >= 4 is 29.2 Å². The van der Waals surface area contributed by atoms with E-state index in [1.54, 1.807) is 36.7 Å². The number of phenols is 1. The molecule has 0 spiro atoms. The standard InChI is InChI=1S/C13H12N4OS/c18-12-6-4-10(5-7-12)16-13(19)17-15-9-11-3-1-2-8-14-11/h1-9,18H,(H2,16,17,19)/b15-9+. The lowest BCUT2D eigenvalue weighted by atomic mass is 10.3. The molecule has 0 saturated heterocycles. The minimum atomic E-state index is 0.206. The fourth-order valence-corrected chi connectivity index (χ4v) is 1.48. The zero-order valence-corrected chi connectivity index (χ0v) is 10.8. The van der Waals surface area contributed by atoms with Crippen molar-refractivity contribution in [2.24, 2.45) is 5.10 Å². The van der Waals surface area contributed by atoms with E-state index in [-0.39, 0.29) is 5.75 Å². The van der Waals surface area contributed by atoms with Crippen LogP contribution in [0.2, 0.25) is 0 Å². The minimum Gasteiger partial charge on any atom is -0.508 e. The van der Waals surface area contributed by atoms with Crippen LogP contribution in [-0.4, -0.2) is 21.4 Å². The highest BCUT2D eigenvalue weighted by Crippen LogP contribution is 2.13. The largest absolute Gasteiger partial charge is 0.508 e. The van der Waals surface area contributed by atoms with Gasteiger partial charge in [0.25, 0.3) is 0 Å². The summed E-state index contributed by atoms with van der Waals surface area (Å²) in [7, 11) is 0. The topological polar surface area (TPSA) is 69.5 Å². The number of hydrogen-bond donors (Lipinski definition) is 3. The summed E-state index contributed by atoms with van der Waals surface area (Å²) in [5.74, 6) is 0.206. The summed E-state index contributed by atoms with van der Waals surface area (Å²) in [4.78, 5) is 4.09. The molecule has 0 fully saturated rings. The van der Waals surface area contributed by atoms with Gasteiger partial charge in [-0.25, -0.2) is 0 Å². The molecule has 0 aliphatic rings. The first-order chi connectivity index (χ1) is 9.24. The zero-order valence-electron chi connectivity index (χ0n) is 9.95. The molecule has 2 aromatic rings. The quantitative estimate of drug-likeness (QED) is 0.345. The molecule has 0 saturated carbocycles. The number of nitrogens with one attached hydrogen (secondary N) is 2. The first-order valence-corrected chi connectivity index (χ1v) is 5.95. The van der Waals surface area contributed by atoms with Crippen LogP contribution in [0.4, 0.5) is 5.69 Å². The number of hydrazone groups is 1. The van der Waals surface area contributed by atoms with Crippen molar-refractivity contribution in [1.29, 1.82) is 0 Å². The second-order valence-corrected chi connectivity index (χ2v) is 4.03. The fraction of sp³-hybridized carbons (Fsp3) is 0. The van der Waals surface area contributed by atoms with Crippen LogP contribution in [-0.2, 0) is 0 Å². The Labute approximate surface area is 116 Å². The number of aromatic nitrogens is 1. The van der Waals surface area contributed by atoms with Crippen LogP contribution in [0.1, 0.15) is 5.69 Å². The molecule has 6 heteroatoms. The smallest absolute Gasteiger partial charge is 0.191 e. The molecule has 5 nitrogen and oxygen atoms in total. The molecule has 19 heavy (non-hydrogen) atoms. The maximum atomic E-state index is 9.15. The van der Waals surface area contributed by atoms with Gasteiger partial charge in [0.15, 0.2) is 5.11 Å². The molecule has 0 atom stereocenters. The molecular formula is C13H12N4OS. The molecule has 1 aromatic heterocycles. The van der Waals surface area contributed by atoms with E-state index in [9.17, 15) is 0 Å². The van der Waals surface area contributed by atoms with E-state index in [1.807, 2.05) is 18.2 Å². The molecule has 96 valence electrons. The Hall–Kier alpha value is -2.47. The number of phenolic OH excluding ortho intramolecular Hbond substituents is 1. The lowest BCUT2D eigenvalue weighted by Crippen LogP contribution is -2.23. The van der Waals surface area contributed by atoms with Gasteiger partial charge in [0.1, 0.15) is 5.75 Å². The second-order valence-electron chi connectivity index (χ2n) is 3.63. The Kier molecular flexibility index (Phi) is 4.41. The summed E-state index contributed by atoms with van der Waals surface area (Å²) in [5.41, 5.74) is 4.19. The Bertz CT molecular complexity index is 569. The molecule has 0 aliphatic heterocycles. The highest BCUT2D eigenvalue weighted by Gasteiger charge is 1.96. The summed E-state index contributed by atoms with van der Waals surface area (Å²) in [6, 6.07) is 12.1. The Morgan fingerprint density at radius 2 is 2.00 bits per heavy atom. The van der Waals surface area contributed by atoms with Gasteiger partial charge in [-0.3, -0.25) is 10.4 Å². The Morgan fingerprint density at radius 3 is 2.68 bits per heavy atom. The van der Waals surface area contributed by atoms with Crippen LogP contribution < -0.4 is 10.7 Å². The van der Waals surface area contributed by atoms with Crippen molar-refractivity contribution < 1.29 is 5.11 Å². The Morgan fingerprint density at radius 1 is 1.21 bits per heavy atom. The molecule has 0 unspecified atom stereocenters. The van der Waals surface area contributed by atoms with Crippen molar-refractivity contribution in [2.45, 2.75) is 0 Å². The molecule has 1 heterocycles. The van der Waals surface area contributed by atoms with Gasteiger partial charge < -0.3 is 10.4 Å². The Balaban J connectivity index is 1.85. The number of anilines is 1. The average molecular weight is 272 g/mol. The molecule has 3 N–H and O–H groups in total. The molecule has 0 amide bonds. The van der Waals surface area contributed by atoms with Gasteiger partial charge >= 0.3 is 0 Å². The summed E-state index contributed by atoms with van der Waals surface area (Å²) >= 11 is 5.07. The van der Waals surface area contributed by atoms with Gasteiger partial charge in [-0.05, 0) is 48.6 Å². The number of rotatable bonds is 3. The fourth-order valence-electron chi connectivity index (χ4n) is 1.31. The van der Waals surface area contributed by atoms with Crippen molar-refractivity contribution in [1.82, 2.24) is 10.4 Å². The average Bonchev–Trinajstić information content (AvgIpc) is 2.43. The second kappa shape index (κ2) is 6.46. The van der Waals surface area contributed by atoms with Gasteiger partial charge in [-0.1, -0.05) is 6.07 Å². The third-order valence-corrected chi connectivity index (χ3v) is 2.37. The van der Waals surface area contributed by atoms with Crippen LogP contribution in [0.5, 0.6) is 5.75 Å². The SMILES string of the molecule is Oc1ccc(NC(=S)N/N=C/c2ccccn2)cc1. The number of hydrogen-bond acceptors (Lipinski definition) is 4. The van der Waals surface area contributed by atoms with E-state index in [4.69, 9.17) is 17.3 Å². The first-order valence-electron chi connectivity index (χ1n) is 5.54. The van der Waals surface area contributed by atoms with Crippen molar-refractivity contribution in [3.05, 3.63) is 54.4 Å². The zero-order chi connectivity index (χ0) is 13.5. The third-order valence-electron chi connectivity index (χ3n) is 2.18. The molecule has 0 bridgehead atoms. The van der Waals surface area contributed by atoms with Gasteiger partial charge in [-0.2, -0.15) is 5.10 Å². The molecule has 1 aromatic carbocycles. The van der Waals surface area contributed by atoms with Gasteiger partial charge in [0.05, 0.1) is 11.9 Å². The first kappa shape index (κ1) is 13.0. The minimum absolute atomic E-state index is 0.206. The predicted molar refractivity (Wildman–Crippen MR) is 79.3 cm³/mol. The summed E-state index contributed by atoms with van der Waals surface area (Å²) in [6.45, 7) is 0. The van der Waals surface area contributed by atoms with Crippen LogP contribution in [0.15, 0.2) is 53.8 Å². The van der Waals surface area contributed by atoms with Crippen molar-refractivity contribution in [3.63, 3.8) is 0 Å². The lowest BCUT2D eigenvalue weighted by molar-refractivity contribution is 0.475. The number of thiocarbonyl (C=S) groups is 1. The van der Waals surface area contributed by atoms with Gasteiger partial charge in [0.2, 0.25) is 0 Å². The van der Waals surface area contributed by atoms with Gasteiger partial charge in [0, 0.05) is 11.9 Å². The number of aromatic hydroxyl groups is 1. The summed E-state index contributed by atoms with van der Waals surface area (Å²) in [6.07, 6.45) is 3.26. The van der Waals surface area contributed by atoms with E-state index in [0.29, 0.717) is 5.11 Å². The molecule has 2 rings (SSSR count). The van der Waals surface area contributed by atoms with Crippen LogP contribution in [0.3, 0.4) is 0 Å². The number of pyridine rings is 1. The van der Waals surface area contributed by atoms with Crippen molar-refractivity contribution in [3.8, 4) is 5.75 Å². The number of benzene rings is 1. The summed E-state index contributed by atoms with van der Waals surface area (Å²) < 4.78 is 0. The van der Waals surface area contributed by atoms with Crippen molar-refractivity contribution in [2.75, 3.05) is 5.32 Å². The van der Waals surface area contributed by atoms with Crippen LogP contribution in [0, 0.1) is 0 Å². The van der Waals surface area contributed by atoms with E-state index in [1.165, 1.54) is 0 Å². The van der Waals surface area contributed by atoms with E-state index in [2.05, 4.69) is 20.8 Å². The van der Waals surface area contributed by atoms with Gasteiger partial charge in [-0.15, -0.1) is 0 Å². The highest BCUT2D eigenvalue weighted by atomic mass is 32.1. The van der Waals surface area contributed by atoms with Crippen LogP contribution in [0.25, 0.3) is 0 Å². The number of nitrogens with zero attached hydrogens (tertiary/aromatic N) is 2. The normalized spacial score (nSPS) is 10.3. The highest BCUT2D eigenvalue weighted by molar-refractivity contribution is 7.80. The third kappa shape index (κ3) is 4.36. The maximum absolute atomic E-state index is 9.15. The molecule has 0 aliphatic carbocycles. The van der Waals surface area contributed by atoms with E-state index < -0.39 is 0 Å². The molecular weight excluding hydrogens is 260 g/mol. The monoisotopic (exact) mass is 272 g/mol. The molecule has 0 radical (unpaired) electrons. The summed E-state index contributed by atoms with van der Waals surface area (Å²) in [5, 5.41) is 16.4. The van der Waals surface area contributed by atoms with E-state index in [0.717, 1.165) is 11.4 Å². The predicted octanol–water partition coefficient (Wildman–Crippen LogP) is 2.11.